The summed E-state index contributed by atoms with van der Waals surface area (Å²) in [5.41, 5.74) is 1.08. The summed E-state index contributed by atoms with van der Waals surface area (Å²) in [6.07, 6.45) is 0.880. The number of para-hydroxylation sites is 2. The van der Waals surface area contributed by atoms with E-state index in [0.717, 1.165) is 10.9 Å². The van der Waals surface area contributed by atoms with Crippen LogP contribution >= 0.6 is 15.9 Å². The number of benzene rings is 2. The topological polar surface area (TPSA) is 67.4 Å². The molecule has 2 amide bonds. The Morgan fingerprint density at radius 2 is 1.92 bits per heavy atom. The van der Waals surface area contributed by atoms with Crippen LogP contribution in [-0.2, 0) is 4.79 Å². The lowest BCUT2D eigenvalue weighted by Gasteiger charge is -2.12. The van der Waals surface area contributed by atoms with Gasteiger partial charge in [-0.1, -0.05) is 41.1 Å². The summed E-state index contributed by atoms with van der Waals surface area (Å²) in [6, 6.07) is 14.2. The first kappa shape index (κ1) is 18.0. The van der Waals surface area contributed by atoms with Gasteiger partial charge in [-0.3, -0.25) is 9.59 Å². The highest BCUT2D eigenvalue weighted by Gasteiger charge is 2.10. The molecule has 0 aliphatic rings. The molecule has 2 aromatic carbocycles. The minimum Gasteiger partial charge on any atom is -0.491 e. The van der Waals surface area contributed by atoms with Crippen LogP contribution in [-0.4, -0.2) is 25.0 Å². The number of ether oxygens (including phenoxy) is 1. The van der Waals surface area contributed by atoms with Crippen molar-refractivity contribution in [2.75, 3.05) is 18.5 Å². The largest absolute Gasteiger partial charge is 0.491 e. The summed E-state index contributed by atoms with van der Waals surface area (Å²) in [4.78, 5) is 24.1. The molecule has 2 aromatic rings. The van der Waals surface area contributed by atoms with Gasteiger partial charge in [0, 0.05) is 10.0 Å². The van der Waals surface area contributed by atoms with Crippen molar-refractivity contribution < 1.29 is 14.3 Å². The van der Waals surface area contributed by atoms with Gasteiger partial charge in [-0.25, -0.2) is 0 Å². The average Bonchev–Trinajstić information content (AvgIpc) is 2.59. The molecule has 24 heavy (non-hydrogen) atoms. The highest BCUT2D eigenvalue weighted by Crippen LogP contribution is 2.23. The molecule has 2 N–H and O–H groups in total. The number of hydrogen-bond donors (Lipinski definition) is 2. The Labute approximate surface area is 149 Å². The fourth-order valence-corrected chi connectivity index (χ4v) is 2.39. The number of carbonyl (C=O) groups is 2. The van der Waals surface area contributed by atoms with Crippen molar-refractivity contribution in [2.45, 2.75) is 13.3 Å². The summed E-state index contributed by atoms with van der Waals surface area (Å²) in [6.45, 7) is 2.47. The van der Waals surface area contributed by atoms with E-state index >= 15 is 0 Å². The van der Waals surface area contributed by atoms with Crippen LogP contribution in [0, 0.1) is 0 Å². The highest BCUT2D eigenvalue weighted by atomic mass is 79.9. The van der Waals surface area contributed by atoms with Gasteiger partial charge in [-0.05, 0) is 36.8 Å². The Morgan fingerprint density at radius 1 is 1.12 bits per heavy atom. The molecule has 5 nitrogen and oxygen atoms in total. The van der Waals surface area contributed by atoms with E-state index in [0.29, 0.717) is 23.6 Å². The Morgan fingerprint density at radius 3 is 2.67 bits per heavy atom. The maximum Gasteiger partial charge on any atom is 0.251 e. The molecular weight excluding hydrogens is 372 g/mol. The fraction of sp³-hybridized carbons (Fsp3) is 0.222. The summed E-state index contributed by atoms with van der Waals surface area (Å²) in [5, 5.41) is 5.35. The van der Waals surface area contributed by atoms with Gasteiger partial charge in [0.25, 0.3) is 5.91 Å². The van der Waals surface area contributed by atoms with E-state index in [1.165, 1.54) is 0 Å². The van der Waals surface area contributed by atoms with E-state index in [1.54, 1.807) is 30.3 Å². The van der Waals surface area contributed by atoms with Crippen molar-refractivity contribution in [1.29, 1.82) is 0 Å². The van der Waals surface area contributed by atoms with Crippen LogP contribution in [0.4, 0.5) is 5.69 Å². The first-order chi connectivity index (χ1) is 11.6. The third-order valence-corrected chi connectivity index (χ3v) is 3.61. The summed E-state index contributed by atoms with van der Waals surface area (Å²) in [7, 11) is 0. The van der Waals surface area contributed by atoms with Crippen LogP contribution in [0.5, 0.6) is 5.75 Å². The Bertz CT molecular complexity index is 719. The smallest absolute Gasteiger partial charge is 0.251 e. The zero-order chi connectivity index (χ0) is 17.4. The number of hydrogen-bond acceptors (Lipinski definition) is 3. The molecule has 0 bridgehead atoms. The van der Waals surface area contributed by atoms with Crippen LogP contribution in [0.1, 0.15) is 23.7 Å². The molecule has 0 radical (unpaired) electrons. The second-order valence-electron chi connectivity index (χ2n) is 5.09. The monoisotopic (exact) mass is 390 g/mol. The molecule has 0 aliphatic heterocycles. The SMILES string of the molecule is CCCOc1ccccc1NC(=O)CNC(=O)c1cccc(Br)c1. The Hall–Kier alpha value is -2.34. The number of rotatable bonds is 7. The molecular formula is C18H19BrN2O3. The van der Waals surface area contributed by atoms with Crippen molar-refractivity contribution >= 4 is 33.4 Å². The van der Waals surface area contributed by atoms with Crippen molar-refractivity contribution in [2.24, 2.45) is 0 Å². The third kappa shape index (κ3) is 5.38. The van der Waals surface area contributed by atoms with Crippen LogP contribution in [0.15, 0.2) is 53.0 Å². The fourth-order valence-electron chi connectivity index (χ4n) is 1.99. The lowest BCUT2D eigenvalue weighted by Crippen LogP contribution is -2.32. The lowest BCUT2D eigenvalue weighted by molar-refractivity contribution is -0.115. The molecule has 0 unspecified atom stereocenters. The zero-order valence-electron chi connectivity index (χ0n) is 13.3. The minimum atomic E-state index is -0.314. The molecule has 0 saturated carbocycles. The summed E-state index contributed by atoms with van der Waals surface area (Å²) in [5.74, 6) is -0.00104. The number of carbonyl (C=O) groups excluding carboxylic acids is 2. The predicted octanol–water partition coefficient (Wildman–Crippen LogP) is 3.61. The number of halogens is 1. The zero-order valence-corrected chi connectivity index (χ0v) is 14.9. The van der Waals surface area contributed by atoms with E-state index in [4.69, 9.17) is 4.74 Å². The van der Waals surface area contributed by atoms with Crippen molar-refractivity contribution in [3.05, 3.63) is 58.6 Å². The molecule has 0 aromatic heterocycles. The second kappa shape index (κ2) is 9.08. The van der Waals surface area contributed by atoms with Crippen LogP contribution < -0.4 is 15.4 Å². The molecule has 0 fully saturated rings. The third-order valence-electron chi connectivity index (χ3n) is 3.12. The molecule has 6 heteroatoms. The molecule has 0 atom stereocenters. The first-order valence-corrected chi connectivity index (χ1v) is 8.45. The lowest BCUT2D eigenvalue weighted by atomic mass is 10.2. The van der Waals surface area contributed by atoms with Crippen LogP contribution in [0.25, 0.3) is 0 Å². The van der Waals surface area contributed by atoms with E-state index in [2.05, 4.69) is 26.6 Å². The molecule has 0 heterocycles. The first-order valence-electron chi connectivity index (χ1n) is 7.65. The molecule has 2 rings (SSSR count). The normalized spacial score (nSPS) is 10.1. The van der Waals surface area contributed by atoms with Gasteiger partial charge in [-0.15, -0.1) is 0 Å². The van der Waals surface area contributed by atoms with E-state index in [9.17, 15) is 9.59 Å². The summed E-state index contributed by atoms with van der Waals surface area (Å²) < 4.78 is 6.40. The van der Waals surface area contributed by atoms with Crippen LogP contribution in [0.3, 0.4) is 0 Å². The number of nitrogens with one attached hydrogen (secondary N) is 2. The standard InChI is InChI=1S/C18H19BrN2O3/c1-2-10-24-16-9-4-3-8-15(16)21-17(22)12-20-18(23)13-6-5-7-14(19)11-13/h3-9,11H,2,10,12H2,1H3,(H,20,23)(H,21,22). The van der Waals surface area contributed by atoms with E-state index in [-0.39, 0.29) is 18.4 Å². The van der Waals surface area contributed by atoms with Gasteiger partial charge in [-0.2, -0.15) is 0 Å². The minimum absolute atomic E-state index is 0.118. The Kier molecular flexibility index (Phi) is 6.81. The quantitative estimate of drug-likeness (QED) is 0.758. The highest BCUT2D eigenvalue weighted by molar-refractivity contribution is 9.10. The Balaban J connectivity index is 1.91. The number of anilines is 1. The van der Waals surface area contributed by atoms with Gasteiger partial charge in [0.15, 0.2) is 0 Å². The van der Waals surface area contributed by atoms with Gasteiger partial charge >= 0.3 is 0 Å². The molecule has 126 valence electrons. The van der Waals surface area contributed by atoms with Crippen molar-refractivity contribution in [3.63, 3.8) is 0 Å². The van der Waals surface area contributed by atoms with Crippen molar-refractivity contribution in [1.82, 2.24) is 5.32 Å². The van der Waals surface area contributed by atoms with E-state index in [1.807, 2.05) is 25.1 Å². The van der Waals surface area contributed by atoms with Gasteiger partial charge < -0.3 is 15.4 Å². The summed E-state index contributed by atoms with van der Waals surface area (Å²) >= 11 is 3.31. The van der Waals surface area contributed by atoms with E-state index < -0.39 is 0 Å². The molecule has 0 spiro atoms. The second-order valence-corrected chi connectivity index (χ2v) is 6.00. The van der Waals surface area contributed by atoms with Gasteiger partial charge in [0.2, 0.25) is 5.91 Å². The molecule has 0 aliphatic carbocycles. The van der Waals surface area contributed by atoms with Crippen molar-refractivity contribution in [3.8, 4) is 5.75 Å². The maximum atomic E-state index is 12.1. The maximum absolute atomic E-state index is 12.1. The number of amides is 2. The predicted molar refractivity (Wildman–Crippen MR) is 97.3 cm³/mol. The van der Waals surface area contributed by atoms with Crippen LogP contribution in [0.2, 0.25) is 0 Å². The van der Waals surface area contributed by atoms with Gasteiger partial charge in [0.1, 0.15) is 5.75 Å². The molecule has 0 saturated heterocycles. The average molecular weight is 391 g/mol. The van der Waals surface area contributed by atoms with Gasteiger partial charge in [0.05, 0.1) is 18.8 Å².